The van der Waals surface area contributed by atoms with E-state index in [1.54, 1.807) is 9.47 Å². The van der Waals surface area contributed by atoms with E-state index in [9.17, 15) is 52.7 Å². The molecule has 0 saturated heterocycles. The Hall–Kier alpha value is -6.41. The van der Waals surface area contributed by atoms with Gasteiger partial charge in [-0.25, -0.2) is 92.3 Å². The van der Waals surface area contributed by atoms with Crippen molar-refractivity contribution >= 4 is 37.5 Å². The molecular weight excluding hydrogens is 966 g/mol. The average Bonchev–Trinajstić information content (AvgIpc) is 3.34. The highest BCUT2D eigenvalue weighted by Gasteiger charge is 2.52. The molecule has 7 aromatic rings. The van der Waals surface area contributed by atoms with Crippen molar-refractivity contribution < 1.29 is 92.3 Å². The predicted octanol–water partition coefficient (Wildman–Crippen LogP) is 10.4. The molecule has 0 radical (unpaired) electrons. The van der Waals surface area contributed by atoms with Crippen molar-refractivity contribution in [1.82, 2.24) is 0 Å². The SMILES string of the molecule is Fc1c(F)c(F)c([B-](c2c(F)c(F)c(F)c(F)c2F)(c2c(F)c(F)c(F)c(F)c2F)c2c(F)c(F)c(F)c(F)c2F)c(F)c1F.[PH3+]OCC(c1ccccc1)(c1ccccc1)c1ccccc1. The number of benzene rings is 7. The van der Waals surface area contributed by atoms with E-state index in [1.807, 2.05) is 0 Å². The van der Waals surface area contributed by atoms with E-state index in [4.69, 9.17) is 4.52 Å². The maximum Gasteiger partial charge on any atom is 0.200 e. The third-order valence-electron chi connectivity index (χ3n) is 10.8. The number of hydrogen-bond donors (Lipinski definition) is 0. The summed E-state index contributed by atoms with van der Waals surface area (Å²) in [6.45, 7) is 0.615. The molecule has 350 valence electrons. The van der Waals surface area contributed by atoms with Crippen molar-refractivity contribution in [2.45, 2.75) is 5.41 Å². The lowest BCUT2D eigenvalue weighted by Gasteiger charge is -2.44. The van der Waals surface area contributed by atoms with Crippen molar-refractivity contribution in [3.05, 3.63) is 224 Å². The fourth-order valence-electron chi connectivity index (χ4n) is 7.95. The Morgan fingerprint density at radius 2 is 0.448 bits per heavy atom. The van der Waals surface area contributed by atoms with Crippen LogP contribution in [0, 0.1) is 116 Å². The number of halogens is 20. The maximum atomic E-state index is 15.4. The summed E-state index contributed by atoms with van der Waals surface area (Å²) in [7, 11) is 1.56. The average molecular weight is 986 g/mol. The van der Waals surface area contributed by atoms with Crippen LogP contribution >= 0.6 is 9.47 Å². The highest BCUT2D eigenvalue weighted by Crippen LogP contribution is 2.40. The highest BCUT2D eigenvalue weighted by atomic mass is 31.0. The molecule has 0 aromatic heterocycles. The van der Waals surface area contributed by atoms with Crippen LogP contribution in [-0.2, 0) is 9.94 Å². The summed E-state index contributed by atoms with van der Waals surface area (Å²) in [6, 6.07) is 31.8. The fourth-order valence-corrected chi connectivity index (χ4v) is 8.25. The molecule has 0 aliphatic heterocycles. The first kappa shape index (κ1) is 50.0. The molecule has 0 fully saturated rings. The Labute approximate surface area is 365 Å². The van der Waals surface area contributed by atoms with Crippen LogP contribution in [0.2, 0.25) is 0 Å². The minimum absolute atomic E-state index is 0.286. The molecule has 7 rings (SSSR count). The van der Waals surface area contributed by atoms with Crippen LogP contribution in [0.4, 0.5) is 87.8 Å². The van der Waals surface area contributed by atoms with E-state index < -0.39 is 144 Å². The van der Waals surface area contributed by atoms with E-state index in [2.05, 4.69) is 91.0 Å². The Kier molecular flexibility index (Phi) is 14.2. The zero-order valence-corrected chi connectivity index (χ0v) is 34.0. The second-order valence-electron chi connectivity index (χ2n) is 14.2. The summed E-state index contributed by atoms with van der Waals surface area (Å²) in [5, 5.41) is 0. The molecule has 67 heavy (non-hydrogen) atoms. The molecule has 1 unspecified atom stereocenters. The van der Waals surface area contributed by atoms with Crippen molar-refractivity contribution in [2.24, 2.45) is 0 Å². The van der Waals surface area contributed by atoms with E-state index in [-0.39, 0.29) is 5.41 Å². The van der Waals surface area contributed by atoms with Crippen molar-refractivity contribution in [1.29, 1.82) is 0 Å². The van der Waals surface area contributed by atoms with Crippen LogP contribution in [0.15, 0.2) is 91.0 Å². The third kappa shape index (κ3) is 7.76. The zero-order chi connectivity index (χ0) is 49.6. The van der Waals surface area contributed by atoms with Gasteiger partial charge < -0.3 is 0 Å². The maximum absolute atomic E-state index is 15.4. The molecule has 0 N–H and O–H groups in total. The molecular formula is C44H20BF20OP. The van der Waals surface area contributed by atoms with Crippen LogP contribution in [0.1, 0.15) is 16.7 Å². The first-order valence-electron chi connectivity index (χ1n) is 18.3. The lowest BCUT2D eigenvalue weighted by Crippen LogP contribution is -2.81. The zero-order valence-electron chi connectivity index (χ0n) is 32.6. The Morgan fingerprint density at radius 3 is 0.612 bits per heavy atom. The van der Waals surface area contributed by atoms with Gasteiger partial charge in [-0.05, 0) is 16.7 Å². The van der Waals surface area contributed by atoms with Crippen LogP contribution in [-0.4, -0.2) is 12.8 Å². The minimum atomic E-state index is -7.22. The standard InChI is InChI=1S/C24BF20.C20H20OP/c26-5-1(6(27)14(35)21(42)13(5)34)25(2-7(28)15(36)22(43)16(37)8(2)29,3-9(30)17(38)23(44)18(39)10(3)31)4-11(32)19(40)24(45)20(41)12(4)33;22-21-16-20(17-10-4-1-5-11-17,18-12-6-2-7-13-18)19-14-8-3-9-15-19/h;1-15H,16H2,22H3/q-1;+1. The Balaban J connectivity index is 0.000000279. The predicted molar refractivity (Wildman–Crippen MR) is 205 cm³/mol. The monoisotopic (exact) mass is 986 g/mol. The molecule has 0 heterocycles. The molecule has 0 amide bonds. The van der Waals surface area contributed by atoms with Gasteiger partial charge in [-0.15, -0.1) is 21.9 Å². The fraction of sp³-hybridized carbons (Fsp3) is 0.0455. The molecule has 0 aliphatic rings. The normalized spacial score (nSPS) is 11.8. The van der Waals surface area contributed by atoms with Crippen molar-refractivity contribution in [3.8, 4) is 0 Å². The molecule has 23 heteroatoms. The molecule has 0 bridgehead atoms. The minimum Gasteiger partial charge on any atom is -0.244 e. The topological polar surface area (TPSA) is 9.23 Å². The van der Waals surface area contributed by atoms with E-state index in [0.717, 1.165) is 0 Å². The number of rotatable bonds is 9. The summed E-state index contributed by atoms with van der Waals surface area (Å²) in [4.78, 5) is 0. The summed E-state index contributed by atoms with van der Waals surface area (Å²) >= 11 is 0. The molecule has 1 nitrogen and oxygen atoms in total. The lowest BCUT2D eigenvalue weighted by atomic mass is 9.12. The Morgan fingerprint density at radius 1 is 0.284 bits per heavy atom. The first-order valence-corrected chi connectivity index (χ1v) is 18.9. The van der Waals surface area contributed by atoms with Crippen molar-refractivity contribution in [2.75, 3.05) is 6.61 Å². The Bertz CT molecular complexity index is 2550. The van der Waals surface area contributed by atoms with Gasteiger partial charge in [-0.1, -0.05) is 91.0 Å². The van der Waals surface area contributed by atoms with Crippen LogP contribution in [0.3, 0.4) is 0 Å². The summed E-state index contributed by atoms with van der Waals surface area (Å²) < 4.78 is 300. The summed E-state index contributed by atoms with van der Waals surface area (Å²) in [5.74, 6) is -71.4. The van der Waals surface area contributed by atoms with Gasteiger partial charge in [0.1, 0.15) is 68.8 Å². The van der Waals surface area contributed by atoms with Gasteiger partial charge in [0.05, 0.1) is 5.41 Å². The largest absolute Gasteiger partial charge is 0.244 e. The van der Waals surface area contributed by atoms with Gasteiger partial charge in [0.25, 0.3) is 0 Å². The summed E-state index contributed by atoms with van der Waals surface area (Å²) in [6.07, 6.45) is -7.22. The van der Waals surface area contributed by atoms with Gasteiger partial charge in [0.15, 0.2) is 69.8 Å². The van der Waals surface area contributed by atoms with Gasteiger partial charge in [0, 0.05) is 0 Å². The lowest BCUT2D eigenvalue weighted by molar-refractivity contribution is 0.306. The molecule has 0 spiro atoms. The van der Waals surface area contributed by atoms with E-state index >= 15 is 35.1 Å². The second-order valence-corrected chi connectivity index (χ2v) is 14.6. The van der Waals surface area contributed by atoms with Crippen LogP contribution in [0.25, 0.3) is 0 Å². The van der Waals surface area contributed by atoms with Gasteiger partial charge >= 0.3 is 0 Å². The second kappa shape index (κ2) is 19.1. The van der Waals surface area contributed by atoms with Gasteiger partial charge in [-0.2, -0.15) is 0 Å². The van der Waals surface area contributed by atoms with Gasteiger partial charge in [-0.3, -0.25) is 0 Å². The van der Waals surface area contributed by atoms with Gasteiger partial charge in [0.2, 0.25) is 0 Å². The summed E-state index contributed by atoms with van der Waals surface area (Å²) in [5.41, 5.74) is -10.9. The quantitative estimate of drug-likeness (QED) is 0.0350. The molecule has 0 saturated carbocycles. The molecule has 7 aromatic carbocycles. The number of hydrogen-bond acceptors (Lipinski definition) is 1. The van der Waals surface area contributed by atoms with E-state index in [1.165, 1.54) is 16.7 Å². The highest BCUT2D eigenvalue weighted by molar-refractivity contribution is 7.20. The molecule has 1 atom stereocenters. The van der Waals surface area contributed by atoms with Crippen LogP contribution in [0.5, 0.6) is 0 Å². The third-order valence-corrected chi connectivity index (χ3v) is 11.0. The van der Waals surface area contributed by atoms with E-state index in [0.29, 0.717) is 6.61 Å². The first-order chi connectivity index (χ1) is 31.6. The van der Waals surface area contributed by atoms with Crippen LogP contribution < -0.4 is 21.9 Å². The molecule has 0 aliphatic carbocycles. The smallest absolute Gasteiger partial charge is 0.200 e. The van der Waals surface area contributed by atoms with Crippen molar-refractivity contribution in [3.63, 3.8) is 0 Å².